The standard InChI is InChI=1S/C9H10N2O3.C4H12N2O2S/c1-6-4-3-5-8(11(13)14)9(6)10-7(2)12;1-3-5-9(7,8)6-4-2/h3-5H,1-2H3,(H,10,12);5-6H,3-4H2,1-2H3. The van der Waals surface area contributed by atoms with E-state index in [1.165, 1.54) is 13.0 Å². The lowest BCUT2D eigenvalue weighted by Gasteiger charge is -2.05. The quantitative estimate of drug-likeness (QED) is 0.528. The van der Waals surface area contributed by atoms with Crippen molar-refractivity contribution in [1.29, 1.82) is 0 Å². The number of nitro groups is 1. The molecule has 0 saturated carbocycles. The summed E-state index contributed by atoms with van der Waals surface area (Å²) in [6.07, 6.45) is 0. The normalized spacial score (nSPS) is 10.4. The molecule has 0 saturated heterocycles. The largest absolute Gasteiger partial charge is 0.320 e. The zero-order valence-corrected chi connectivity index (χ0v) is 14.4. The molecule has 0 radical (unpaired) electrons. The van der Waals surface area contributed by atoms with Gasteiger partial charge in [0, 0.05) is 26.1 Å². The number of para-hydroxylation sites is 1. The third kappa shape index (κ3) is 8.24. The van der Waals surface area contributed by atoms with E-state index in [2.05, 4.69) is 14.8 Å². The van der Waals surface area contributed by atoms with E-state index in [9.17, 15) is 23.3 Å². The van der Waals surface area contributed by atoms with E-state index < -0.39 is 15.1 Å². The average Bonchev–Trinajstić information content (AvgIpc) is 2.40. The third-order valence-electron chi connectivity index (χ3n) is 2.42. The van der Waals surface area contributed by atoms with Gasteiger partial charge >= 0.3 is 0 Å². The van der Waals surface area contributed by atoms with Gasteiger partial charge in [-0.2, -0.15) is 8.42 Å². The highest BCUT2D eigenvalue weighted by atomic mass is 32.2. The average molecular weight is 346 g/mol. The predicted molar refractivity (Wildman–Crippen MR) is 88.4 cm³/mol. The van der Waals surface area contributed by atoms with Gasteiger partial charge in [-0.1, -0.05) is 26.0 Å². The second-order valence-corrected chi connectivity index (χ2v) is 5.99. The van der Waals surface area contributed by atoms with Gasteiger partial charge in [0.25, 0.3) is 15.9 Å². The van der Waals surface area contributed by atoms with Crippen LogP contribution >= 0.6 is 0 Å². The molecule has 0 aliphatic heterocycles. The van der Waals surface area contributed by atoms with Crippen LogP contribution in [0.25, 0.3) is 0 Å². The highest BCUT2D eigenvalue weighted by Crippen LogP contribution is 2.27. The van der Waals surface area contributed by atoms with Gasteiger partial charge in [0.05, 0.1) is 4.92 Å². The van der Waals surface area contributed by atoms with E-state index in [0.717, 1.165) is 0 Å². The maximum Gasteiger partial charge on any atom is 0.293 e. The van der Waals surface area contributed by atoms with E-state index in [0.29, 0.717) is 18.7 Å². The minimum atomic E-state index is -3.18. The monoisotopic (exact) mass is 346 g/mol. The Labute approximate surface area is 135 Å². The number of aryl methyl sites for hydroxylation is 1. The molecule has 0 aliphatic rings. The maximum absolute atomic E-state index is 10.8. The number of nitrogens with zero attached hydrogens (tertiary/aromatic N) is 1. The number of carbonyl (C=O) groups excluding carboxylic acids is 1. The Morgan fingerprint density at radius 3 is 2.13 bits per heavy atom. The minimum absolute atomic E-state index is 0.0831. The van der Waals surface area contributed by atoms with Crippen molar-refractivity contribution in [2.45, 2.75) is 27.7 Å². The van der Waals surface area contributed by atoms with Crippen molar-refractivity contribution in [1.82, 2.24) is 9.44 Å². The molecule has 1 aromatic carbocycles. The van der Waals surface area contributed by atoms with Crippen molar-refractivity contribution in [2.24, 2.45) is 0 Å². The van der Waals surface area contributed by atoms with E-state index in [1.807, 2.05) is 0 Å². The van der Waals surface area contributed by atoms with Gasteiger partial charge in [-0.3, -0.25) is 14.9 Å². The summed E-state index contributed by atoms with van der Waals surface area (Å²) in [4.78, 5) is 20.9. The second kappa shape index (κ2) is 9.87. The Bertz CT molecular complexity index is 634. The van der Waals surface area contributed by atoms with Crippen molar-refractivity contribution in [3.05, 3.63) is 33.9 Å². The Hall–Kier alpha value is -2.04. The number of amides is 1. The zero-order valence-electron chi connectivity index (χ0n) is 13.5. The SMILES string of the molecule is CC(=O)Nc1c(C)cccc1[N+](=O)[O-].CCNS(=O)(=O)NCC. The molecule has 3 N–H and O–H groups in total. The summed E-state index contributed by atoms with van der Waals surface area (Å²) >= 11 is 0. The summed E-state index contributed by atoms with van der Waals surface area (Å²) in [5.74, 6) is -0.317. The lowest BCUT2D eigenvalue weighted by atomic mass is 10.1. The van der Waals surface area contributed by atoms with Crippen molar-refractivity contribution < 1.29 is 18.1 Å². The molecule has 1 amide bonds. The first-order valence-corrected chi connectivity index (χ1v) is 8.38. The molecule has 0 heterocycles. The van der Waals surface area contributed by atoms with Crippen molar-refractivity contribution in [3.8, 4) is 0 Å². The molecule has 0 bridgehead atoms. The van der Waals surface area contributed by atoms with E-state index in [1.54, 1.807) is 32.9 Å². The smallest absolute Gasteiger partial charge is 0.293 e. The number of hydrogen-bond acceptors (Lipinski definition) is 5. The molecule has 23 heavy (non-hydrogen) atoms. The van der Waals surface area contributed by atoms with Crippen molar-refractivity contribution in [3.63, 3.8) is 0 Å². The van der Waals surface area contributed by atoms with Gasteiger partial charge < -0.3 is 5.32 Å². The molecular weight excluding hydrogens is 324 g/mol. The molecule has 0 fully saturated rings. The highest BCUT2D eigenvalue weighted by Gasteiger charge is 2.15. The molecule has 0 spiro atoms. The van der Waals surface area contributed by atoms with E-state index >= 15 is 0 Å². The number of hydrogen-bond donors (Lipinski definition) is 3. The molecule has 10 heteroatoms. The Morgan fingerprint density at radius 1 is 1.22 bits per heavy atom. The van der Waals surface area contributed by atoms with Gasteiger partial charge in [-0.25, -0.2) is 9.44 Å². The summed E-state index contributed by atoms with van der Waals surface area (Å²) in [6.45, 7) is 7.34. The van der Waals surface area contributed by atoms with E-state index in [-0.39, 0.29) is 17.3 Å². The third-order valence-corrected chi connectivity index (χ3v) is 3.75. The van der Waals surface area contributed by atoms with Crippen LogP contribution in [0.1, 0.15) is 26.3 Å². The van der Waals surface area contributed by atoms with Gasteiger partial charge in [0.2, 0.25) is 5.91 Å². The zero-order chi connectivity index (χ0) is 18.0. The fourth-order valence-corrected chi connectivity index (χ4v) is 2.44. The molecule has 1 aromatic rings. The first-order chi connectivity index (χ1) is 10.6. The molecule has 1 rings (SSSR count). The summed E-state index contributed by atoms with van der Waals surface area (Å²) in [5.41, 5.74) is 0.861. The van der Waals surface area contributed by atoms with Crippen LogP contribution in [0.4, 0.5) is 11.4 Å². The first kappa shape index (κ1) is 21.0. The Kier molecular flexibility index (Phi) is 9.00. The van der Waals surface area contributed by atoms with Crippen LogP contribution in [0.15, 0.2) is 18.2 Å². The number of benzene rings is 1. The fourth-order valence-electron chi connectivity index (χ4n) is 1.57. The van der Waals surface area contributed by atoms with Crippen LogP contribution < -0.4 is 14.8 Å². The molecule has 0 aliphatic carbocycles. The maximum atomic E-state index is 10.8. The fraction of sp³-hybridized carbons (Fsp3) is 0.462. The number of carbonyl (C=O) groups is 1. The van der Waals surface area contributed by atoms with Gasteiger partial charge in [-0.05, 0) is 12.5 Å². The van der Waals surface area contributed by atoms with Gasteiger partial charge in [0.15, 0.2) is 0 Å². The van der Waals surface area contributed by atoms with Crippen molar-refractivity contribution >= 4 is 27.5 Å². The number of nitro benzene ring substituents is 1. The summed E-state index contributed by atoms with van der Waals surface area (Å²) in [6, 6.07) is 4.65. The lowest BCUT2D eigenvalue weighted by molar-refractivity contribution is -0.384. The van der Waals surface area contributed by atoms with Crippen LogP contribution in [-0.2, 0) is 15.0 Å². The van der Waals surface area contributed by atoms with Crippen molar-refractivity contribution in [2.75, 3.05) is 18.4 Å². The molecule has 9 nitrogen and oxygen atoms in total. The Morgan fingerprint density at radius 2 is 1.74 bits per heavy atom. The van der Waals surface area contributed by atoms with Crippen LogP contribution in [0.3, 0.4) is 0 Å². The second-order valence-electron chi connectivity index (χ2n) is 4.41. The Balaban J connectivity index is 0.000000468. The summed E-state index contributed by atoms with van der Waals surface area (Å²) in [7, 11) is -3.18. The van der Waals surface area contributed by atoms with Crippen LogP contribution in [-0.4, -0.2) is 32.3 Å². The highest BCUT2D eigenvalue weighted by molar-refractivity contribution is 7.87. The first-order valence-electron chi connectivity index (χ1n) is 6.90. The van der Waals surface area contributed by atoms with Crippen LogP contribution in [0.2, 0.25) is 0 Å². The molecular formula is C13H22N4O5S. The molecule has 0 unspecified atom stereocenters. The minimum Gasteiger partial charge on any atom is -0.320 e. The topological polar surface area (TPSA) is 130 Å². The number of rotatable bonds is 6. The predicted octanol–water partition coefficient (Wildman–Crippen LogP) is 1.31. The number of nitrogens with one attached hydrogen (secondary N) is 3. The van der Waals surface area contributed by atoms with E-state index in [4.69, 9.17) is 0 Å². The van der Waals surface area contributed by atoms with Gasteiger partial charge in [0.1, 0.15) is 5.69 Å². The molecule has 0 atom stereocenters. The van der Waals surface area contributed by atoms with Crippen LogP contribution in [0.5, 0.6) is 0 Å². The lowest BCUT2D eigenvalue weighted by Crippen LogP contribution is -2.35. The summed E-state index contributed by atoms with van der Waals surface area (Å²) < 4.78 is 25.8. The molecule has 0 aromatic heterocycles. The van der Waals surface area contributed by atoms with Gasteiger partial charge in [-0.15, -0.1) is 0 Å². The van der Waals surface area contributed by atoms with Crippen LogP contribution in [0, 0.1) is 17.0 Å². The summed E-state index contributed by atoms with van der Waals surface area (Å²) in [5, 5.41) is 13.1. The number of anilines is 1. The molecule has 130 valence electrons.